The van der Waals surface area contributed by atoms with E-state index in [0.29, 0.717) is 23.1 Å². The Kier molecular flexibility index (Phi) is 8.50. The maximum atomic E-state index is 13.7. The van der Waals surface area contributed by atoms with E-state index in [1.807, 2.05) is 6.92 Å². The van der Waals surface area contributed by atoms with Gasteiger partial charge < -0.3 is 9.30 Å². The molecule has 0 aliphatic heterocycles. The molecule has 0 aliphatic rings. The van der Waals surface area contributed by atoms with Gasteiger partial charge in [0.2, 0.25) is 5.28 Å². The van der Waals surface area contributed by atoms with E-state index in [9.17, 15) is 13.2 Å². The van der Waals surface area contributed by atoms with Crippen LogP contribution in [-0.2, 0) is 19.6 Å². The Labute approximate surface area is 233 Å². The molecular weight excluding hydrogens is 582 g/mol. The molecule has 194 valence electrons. The van der Waals surface area contributed by atoms with Gasteiger partial charge in [0.05, 0.1) is 22.7 Å². The van der Waals surface area contributed by atoms with E-state index >= 15 is 0 Å². The van der Waals surface area contributed by atoms with Crippen molar-refractivity contribution in [3.05, 3.63) is 75.2 Å². The number of sulfonamides is 1. The van der Waals surface area contributed by atoms with Crippen LogP contribution in [0.3, 0.4) is 0 Å². The lowest BCUT2D eigenvalue weighted by atomic mass is 10.2. The SMILES string of the molecule is CCCCOC(=O)CN(c1ccc2c(ccn2-c2cc(Cl)nc(Cl)n2)c1)S(=O)(=O)c1cc(Cl)cc(Cl)c1. The number of carbonyl (C=O) groups excluding carboxylic acids is 1. The molecule has 0 aliphatic carbocycles. The van der Waals surface area contributed by atoms with Crippen molar-refractivity contribution in [3.63, 3.8) is 0 Å². The number of anilines is 1. The van der Waals surface area contributed by atoms with E-state index in [1.54, 1.807) is 41.1 Å². The number of nitrogens with zero attached hydrogens (tertiary/aromatic N) is 4. The number of carbonyl (C=O) groups is 1. The zero-order valence-electron chi connectivity index (χ0n) is 19.4. The first-order valence-corrected chi connectivity index (χ1v) is 14.0. The largest absolute Gasteiger partial charge is 0.464 e. The normalized spacial score (nSPS) is 11.6. The summed E-state index contributed by atoms with van der Waals surface area (Å²) < 4.78 is 35.3. The first kappa shape index (κ1) is 27.5. The van der Waals surface area contributed by atoms with Crippen LogP contribution >= 0.6 is 46.4 Å². The molecule has 0 spiro atoms. The molecule has 8 nitrogen and oxygen atoms in total. The Morgan fingerprint density at radius 1 is 1.00 bits per heavy atom. The number of rotatable bonds is 9. The van der Waals surface area contributed by atoms with Crippen molar-refractivity contribution in [3.8, 4) is 5.82 Å². The highest BCUT2D eigenvalue weighted by Gasteiger charge is 2.29. The molecule has 0 saturated heterocycles. The van der Waals surface area contributed by atoms with Crippen LogP contribution in [0.5, 0.6) is 0 Å². The third kappa shape index (κ3) is 6.30. The highest BCUT2D eigenvalue weighted by Crippen LogP contribution is 2.31. The van der Waals surface area contributed by atoms with Gasteiger partial charge in [0.15, 0.2) is 0 Å². The van der Waals surface area contributed by atoms with Crippen molar-refractivity contribution in [1.29, 1.82) is 0 Å². The Bertz CT molecular complexity index is 1540. The van der Waals surface area contributed by atoms with Gasteiger partial charge in [0.1, 0.15) is 17.5 Å². The Hall–Kier alpha value is -2.56. The zero-order valence-corrected chi connectivity index (χ0v) is 23.2. The summed E-state index contributed by atoms with van der Waals surface area (Å²) in [6, 6.07) is 12.2. The molecule has 37 heavy (non-hydrogen) atoms. The quantitative estimate of drug-likeness (QED) is 0.0931. The third-order valence-electron chi connectivity index (χ3n) is 5.32. The Balaban J connectivity index is 1.77. The number of ether oxygens (including phenoxy) is 1. The predicted molar refractivity (Wildman–Crippen MR) is 146 cm³/mol. The second-order valence-electron chi connectivity index (χ2n) is 7.94. The molecule has 4 aromatic rings. The summed E-state index contributed by atoms with van der Waals surface area (Å²) in [5.74, 6) is -0.251. The fourth-order valence-electron chi connectivity index (χ4n) is 3.60. The average Bonchev–Trinajstić information content (AvgIpc) is 3.25. The number of unbranched alkanes of at least 4 members (excludes halogenated alkanes) is 1. The number of hydrogen-bond donors (Lipinski definition) is 0. The molecule has 0 radical (unpaired) electrons. The van der Waals surface area contributed by atoms with Crippen LogP contribution in [0.2, 0.25) is 20.5 Å². The van der Waals surface area contributed by atoms with Crippen molar-refractivity contribution in [2.24, 2.45) is 0 Å². The second-order valence-corrected chi connectivity index (χ2v) is 11.4. The van der Waals surface area contributed by atoms with Crippen LogP contribution in [0, 0.1) is 0 Å². The van der Waals surface area contributed by atoms with Gasteiger partial charge in [0, 0.05) is 27.7 Å². The lowest BCUT2D eigenvalue weighted by Gasteiger charge is -2.24. The molecule has 13 heteroatoms. The van der Waals surface area contributed by atoms with E-state index in [-0.39, 0.29) is 37.7 Å². The highest BCUT2D eigenvalue weighted by atomic mass is 35.5. The van der Waals surface area contributed by atoms with Crippen LogP contribution in [-0.4, -0.2) is 42.1 Å². The molecule has 0 N–H and O–H groups in total. The highest BCUT2D eigenvalue weighted by molar-refractivity contribution is 7.92. The molecule has 2 heterocycles. The van der Waals surface area contributed by atoms with Crippen molar-refractivity contribution >= 4 is 79.0 Å². The van der Waals surface area contributed by atoms with Gasteiger partial charge >= 0.3 is 5.97 Å². The predicted octanol–water partition coefficient (Wildman–Crippen LogP) is 6.57. The maximum absolute atomic E-state index is 13.7. The minimum Gasteiger partial charge on any atom is -0.464 e. The van der Waals surface area contributed by atoms with Gasteiger partial charge in [0.25, 0.3) is 10.0 Å². The minimum atomic E-state index is -4.25. The Morgan fingerprint density at radius 2 is 1.73 bits per heavy atom. The van der Waals surface area contributed by atoms with E-state index in [1.165, 1.54) is 18.2 Å². The smallest absolute Gasteiger partial charge is 0.326 e. The van der Waals surface area contributed by atoms with E-state index in [4.69, 9.17) is 51.1 Å². The fourth-order valence-corrected chi connectivity index (χ4v) is 6.13. The summed E-state index contributed by atoms with van der Waals surface area (Å²) in [5, 5.41) is 1.12. The number of hydrogen-bond acceptors (Lipinski definition) is 6. The van der Waals surface area contributed by atoms with Crippen molar-refractivity contribution < 1.29 is 17.9 Å². The van der Waals surface area contributed by atoms with Gasteiger partial charge in [-0.3, -0.25) is 9.10 Å². The number of esters is 1. The van der Waals surface area contributed by atoms with Crippen molar-refractivity contribution in [2.45, 2.75) is 24.7 Å². The van der Waals surface area contributed by atoms with Gasteiger partial charge in [-0.1, -0.05) is 48.1 Å². The van der Waals surface area contributed by atoms with Gasteiger partial charge in [-0.05, 0) is 60.5 Å². The van der Waals surface area contributed by atoms with E-state index < -0.39 is 22.5 Å². The molecule has 0 bridgehead atoms. The number of benzene rings is 2. The molecule has 0 fully saturated rings. The molecule has 0 unspecified atom stereocenters. The lowest BCUT2D eigenvalue weighted by molar-refractivity contribution is -0.141. The van der Waals surface area contributed by atoms with Crippen LogP contribution in [0.1, 0.15) is 19.8 Å². The summed E-state index contributed by atoms with van der Waals surface area (Å²) in [7, 11) is -4.25. The monoisotopic (exact) mass is 600 g/mol. The summed E-state index contributed by atoms with van der Waals surface area (Å²) in [5.41, 5.74) is 0.941. The zero-order chi connectivity index (χ0) is 26.7. The van der Waals surface area contributed by atoms with Crippen LogP contribution in [0.4, 0.5) is 5.69 Å². The molecule has 0 amide bonds. The second kappa shape index (κ2) is 11.4. The van der Waals surface area contributed by atoms with Crippen LogP contribution in [0.15, 0.2) is 59.6 Å². The minimum absolute atomic E-state index is 0.0139. The molecule has 4 rings (SSSR count). The molecule has 0 atom stereocenters. The topological polar surface area (TPSA) is 94.4 Å². The third-order valence-corrected chi connectivity index (χ3v) is 7.87. The number of halogens is 4. The van der Waals surface area contributed by atoms with Gasteiger partial charge in [-0.25, -0.2) is 13.4 Å². The van der Waals surface area contributed by atoms with Crippen LogP contribution < -0.4 is 4.31 Å². The molecule has 2 aromatic carbocycles. The summed E-state index contributed by atoms with van der Waals surface area (Å²) >= 11 is 24.1. The molecule has 0 saturated carbocycles. The van der Waals surface area contributed by atoms with Crippen LogP contribution in [0.25, 0.3) is 16.7 Å². The van der Waals surface area contributed by atoms with Crippen molar-refractivity contribution in [2.75, 3.05) is 17.5 Å². The maximum Gasteiger partial charge on any atom is 0.326 e. The summed E-state index contributed by atoms with van der Waals surface area (Å²) in [6.07, 6.45) is 3.23. The van der Waals surface area contributed by atoms with Crippen molar-refractivity contribution in [1.82, 2.24) is 14.5 Å². The Morgan fingerprint density at radius 3 is 2.41 bits per heavy atom. The molecular formula is C24H20Cl4N4O4S. The average molecular weight is 602 g/mol. The fraction of sp³-hybridized carbons (Fsp3) is 0.208. The van der Waals surface area contributed by atoms with E-state index in [2.05, 4.69) is 9.97 Å². The summed E-state index contributed by atoms with van der Waals surface area (Å²) in [4.78, 5) is 20.5. The first-order chi connectivity index (χ1) is 17.6. The van der Waals surface area contributed by atoms with Gasteiger partial charge in [-0.2, -0.15) is 4.98 Å². The van der Waals surface area contributed by atoms with Gasteiger partial charge in [-0.15, -0.1) is 0 Å². The number of fused-ring (bicyclic) bond motifs is 1. The molecule has 2 aromatic heterocycles. The summed E-state index contributed by atoms with van der Waals surface area (Å²) in [6.45, 7) is 1.61. The van der Waals surface area contributed by atoms with E-state index in [0.717, 1.165) is 10.7 Å². The first-order valence-electron chi connectivity index (χ1n) is 11.0. The number of aromatic nitrogens is 3. The lowest BCUT2D eigenvalue weighted by Crippen LogP contribution is -2.36. The standard InChI is InChI=1S/C24H20Cl4N4O4S/c1-2-3-8-36-23(33)14-32(37(34,35)19-11-16(25)10-17(26)12-19)18-4-5-20-15(9-18)6-7-31(20)22-13-21(27)29-24(28)30-22/h4-7,9-13H,2-3,8,14H2,1H3.